The van der Waals surface area contributed by atoms with Gasteiger partial charge in [0, 0.05) is 0 Å². The van der Waals surface area contributed by atoms with Crippen LogP contribution in [0.2, 0.25) is 0 Å². The fourth-order valence-electron chi connectivity index (χ4n) is 3.63. The van der Waals surface area contributed by atoms with Crippen LogP contribution in [0.25, 0.3) is 0 Å². The van der Waals surface area contributed by atoms with Gasteiger partial charge < -0.3 is 19.2 Å². The van der Waals surface area contributed by atoms with Gasteiger partial charge in [0.2, 0.25) is 5.76 Å². The maximum Gasteiger partial charge on any atom is 0.373 e. The van der Waals surface area contributed by atoms with Crippen LogP contribution in [0.5, 0.6) is 0 Å². The summed E-state index contributed by atoms with van der Waals surface area (Å²) in [6.45, 7) is 1.25. The minimum absolute atomic E-state index is 0.00845. The molecule has 1 aromatic rings. The second kappa shape index (κ2) is 7.42. The van der Waals surface area contributed by atoms with E-state index >= 15 is 0 Å². The van der Waals surface area contributed by atoms with Crippen molar-refractivity contribution in [2.75, 3.05) is 13.7 Å². The number of amides is 3. The van der Waals surface area contributed by atoms with Crippen LogP contribution in [0, 0.1) is 5.92 Å². The SMILES string of the molecule is COC(=O)c1ccc(COC(=O)CN2C(=O)N[C@@]3(CCCC[C@@H]3C)C2=O)o1. The van der Waals surface area contributed by atoms with Crippen LogP contribution in [0.4, 0.5) is 4.79 Å². The Morgan fingerprint density at radius 1 is 1.33 bits per heavy atom. The van der Waals surface area contributed by atoms with Crippen molar-refractivity contribution in [3.8, 4) is 0 Å². The van der Waals surface area contributed by atoms with E-state index < -0.39 is 30.1 Å². The molecule has 2 fully saturated rings. The topological polar surface area (TPSA) is 115 Å². The predicted molar refractivity (Wildman–Crippen MR) is 90.5 cm³/mol. The van der Waals surface area contributed by atoms with Gasteiger partial charge >= 0.3 is 18.0 Å². The molecule has 2 aliphatic rings. The van der Waals surface area contributed by atoms with E-state index in [-0.39, 0.29) is 30.0 Å². The molecule has 1 saturated carbocycles. The minimum atomic E-state index is -0.911. The number of nitrogens with zero attached hydrogens (tertiary/aromatic N) is 1. The number of rotatable bonds is 5. The highest BCUT2D eigenvalue weighted by Gasteiger charge is 2.55. The van der Waals surface area contributed by atoms with Crippen LogP contribution in [0.1, 0.15) is 48.9 Å². The third-order valence-electron chi connectivity index (χ3n) is 5.21. The molecule has 0 aromatic carbocycles. The lowest BCUT2D eigenvalue weighted by molar-refractivity contribution is -0.149. The molecule has 1 N–H and O–H groups in total. The lowest BCUT2D eigenvalue weighted by atomic mass is 9.73. The first-order chi connectivity index (χ1) is 12.9. The summed E-state index contributed by atoms with van der Waals surface area (Å²) in [6.07, 6.45) is 3.30. The third kappa shape index (κ3) is 3.54. The van der Waals surface area contributed by atoms with Crippen molar-refractivity contribution >= 4 is 23.9 Å². The van der Waals surface area contributed by atoms with Gasteiger partial charge in [0.25, 0.3) is 5.91 Å². The van der Waals surface area contributed by atoms with E-state index in [2.05, 4.69) is 10.1 Å². The molecule has 2 heterocycles. The van der Waals surface area contributed by atoms with E-state index in [9.17, 15) is 19.2 Å². The average molecular weight is 378 g/mol. The van der Waals surface area contributed by atoms with Crippen LogP contribution < -0.4 is 5.32 Å². The van der Waals surface area contributed by atoms with Crippen molar-refractivity contribution in [2.45, 2.75) is 44.8 Å². The second-order valence-corrected chi connectivity index (χ2v) is 6.86. The van der Waals surface area contributed by atoms with E-state index in [1.807, 2.05) is 6.92 Å². The number of hydrogen-bond acceptors (Lipinski definition) is 7. The lowest BCUT2D eigenvalue weighted by Crippen LogP contribution is -2.54. The smallest absolute Gasteiger partial charge is 0.373 e. The molecule has 27 heavy (non-hydrogen) atoms. The highest BCUT2D eigenvalue weighted by molar-refractivity contribution is 6.08. The molecule has 1 aromatic heterocycles. The quantitative estimate of drug-likeness (QED) is 0.611. The summed E-state index contributed by atoms with van der Waals surface area (Å²) in [7, 11) is 1.22. The number of nitrogens with one attached hydrogen (secondary N) is 1. The summed E-state index contributed by atoms with van der Waals surface area (Å²) in [5.41, 5.74) is -0.911. The van der Waals surface area contributed by atoms with Gasteiger partial charge in [-0.3, -0.25) is 14.5 Å². The highest BCUT2D eigenvalue weighted by atomic mass is 16.6. The molecule has 9 nitrogen and oxygen atoms in total. The van der Waals surface area contributed by atoms with Crippen molar-refractivity contribution < 1.29 is 33.1 Å². The van der Waals surface area contributed by atoms with Crippen LogP contribution in [-0.2, 0) is 25.7 Å². The summed E-state index contributed by atoms with van der Waals surface area (Å²) in [6, 6.07) is 2.31. The molecule has 146 valence electrons. The summed E-state index contributed by atoms with van der Waals surface area (Å²) in [4.78, 5) is 49.4. The number of carbonyl (C=O) groups is 4. The molecule has 1 saturated heterocycles. The predicted octanol–water partition coefficient (Wildman–Crippen LogP) is 1.61. The molecule has 1 aliphatic carbocycles. The van der Waals surface area contributed by atoms with E-state index in [0.29, 0.717) is 6.42 Å². The number of hydrogen-bond donors (Lipinski definition) is 1. The molecule has 0 bridgehead atoms. The van der Waals surface area contributed by atoms with Gasteiger partial charge in [0.15, 0.2) is 0 Å². The Morgan fingerprint density at radius 3 is 2.81 bits per heavy atom. The molecule has 0 unspecified atom stereocenters. The summed E-state index contributed by atoms with van der Waals surface area (Å²) in [5, 5.41) is 2.78. The summed E-state index contributed by atoms with van der Waals surface area (Å²) in [5.74, 6) is -1.50. The van der Waals surface area contributed by atoms with Crippen molar-refractivity contribution in [2.24, 2.45) is 5.92 Å². The molecule has 0 radical (unpaired) electrons. The minimum Gasteiger partial charge on any atom is -0.463 e. The van der Waals surface area contributed by atoms with E-state index in [0.717, 1.165) is 24.2 Å². The van der Waals surface area contributed by atoms with Gasteiger partial charge in [-0.2, -0.15) is 0 Å². The molecule has 1 spiro atoms. The molecule has 1 aliphatic heterocycles. The molecule has 9 heteroatoms. The summed E-state index contributed by atoms with van der Waals surface area (Å²) >= 11 is 0. The standard InChI is InChI=1S/C18H22N2O7/c1-11-5-3-4-8-18(11)16(23)20(17(24)19-18)9-14(21)26-10-12-6-7-13(27-12)15(22)25-2/h6-7,11H,3-5,8-10H2,1-2H3,(H,19,24)/t11-,18+/m0/s1. The summed E-state index contributed by atoms with van der Waals surface area (Å²) < 4.78 is 14.8. The van der Waals surface area contributed by atoms with Crippen LogP contribution >= 0.6 is 0 Å². The van der Waals surface area contributed by atoms with Gasteiger partial charge in [-0.25, -0.2) is 9.59 Å². The normalized spacial score (nSPS) is 24.8. The number of ether oxygens (including phenoxy) is 2. The monoisotopic (exact) mass is 378 g/mol. The van der Waals surface area contributed by atoms with Crippen LogP contribution in [0.3, 0.4) is 0 Å². The Labute approximate surface area is 156 Å². The van der Waals surface area contributed by atoms with E-state index in [1.54, 1.807) is 0 Å². The molecule has 3 amide bonds. The molecule has 2 atom stereocenters. The third-order valence-corrected chi connectivity index (χ3v) is 5.21. The zero-order valence-electron chi connectivity index (χ0n) is 15.3. The first kappa shape index (κ1) is 18.9. The first-order valence-corrected chi connectivity index (χ1v) is 8.84. The number of urea groups is 1. The molecule has 3 rings (SSSR count). The lowest BCUT2D eigenvalue weighted by Gasteiger charge is -2.36. The van der Waals surface area contributed by atoms with Gasteiger partial charge in [-0.1, -0.05) is 19.8 Å². The Bertz CT molecular complexity index is 772. The molecular weight excluding hydrogens is 356 g/mol. The Hall–Kier alpha value is -2.84. The van der Waals surface area contributed by atoms with Gasteiger partial charge in [0.1, 0.15) is 24.5 Å². The fraction of sp³-hybridized carbons (Fsp3) is 0.556. The number of esters is 2. The maximum absolute atomic E-state index is 12.8. The Balaban J connectivity index is 1.57. The Kier molecular flexibility index (Phi) is 5.20. The Morgan fingerprint density at radius 2 is 2.11 bits per heavy atom. The number of carbonyl (C=O) groups excluding carboxylic acids is 4. The highest BCUT2D eigenvalue weighted by Crippen LogP contribution is 2.38. The zero-order chi connectivity index (χ0) is 19.6. The average Bonchev–Trinajstić information content (AvgIpc) is 3.21. The second-order valence-electron chi connectivity index (χ2n) is 6.86. The van der Waals surface area contributed by atoms with Crippen LogP contribution in [0.15, 0.2) is 16.5 Å². The zero-order valence-corrected chi connectivity index (χ0v) is 15.3. The van der Waals surface area contributed by atoms with Gasteiger partial charge in [0.05, 0.1) is 7.11 Å². The van der Waals surface area contributed by atoms with Gasteiger partial charge in [-0.15, -0.1) is 0 Å². The fourth-order valence-corrected chi connectivity index (χ4v) is 3.63. The first-order valence-electron chi connectivity index (χ1n) is 8.84. The maximum atomic E-state index is 12.8. The van der Waals surface area contributed by atoms with Crippen LogP contribution in [-0.4, -0.2) is 48.0 Å². The number of imide groups is 1. The van der Waals surface area contributed by atoms with Crippen molar-refractivity contribution in [1.82, 2.24) is 10.2 Å². The largest absolute Gasteiger partial charge is 0.463 e. The van der Waals surface area contributed by atoms with Crippen molar-refractivity contribution in [3.05, 3.63) is 23.7 Å². The molecular formula is C18H22N2O7. The number of furan rings is 1. The van der Waals surface area contributed by atoms with Crippen molar-refractivity contribution in [3.63, 3.8) is 0 Å². The van der Waals surface area contributed by atoms with Gasteiger partial charge in [-0.05, 0) is 30.9 Å². The van der Waals surface area contributed by atoms with E-state index in [4.69, 9.17) is 9.15 Å². The van der Waals surface area contributed by atoms with Crippen molar-refractivity contribution in [1.29, 1.82) is 0 Å². The van der Waals surface area contributed by atoms with E-state index in [1.165, 1.54) is 19.2 Å². The number of methoxy groups -OCH3 is 1.